The summed E-state index contributed by atoms with van der Waals surface area (Å²) in [5.74, 6) is 1.41. The van der Waals surface area contributed by atoms with E-state index in [0.29, 0.717) is 37.1 Å². The topological polar surface area (TPSA) is 52.9 Å². The maximum absolute atomic E-state index is 12.2. The number of carbonyl (C=O) groups excluding carboxylic acids is 1. The van der Waals surface area contributed by atoms with Gasteiger partial charge in [0.15, 0.2) is 0 Å². The molecule has 104 valence electrons. The van der Waals surface area contributed by atoms with E-state index in [0.717, 1.165) is 0 Å². The highest BCUT2D eigenvalue weighted by Crippen LogP contribution is 2.26. The lowest BCUT2D eigenvalue weighted by Crippen LogP contribution is -2.43. The summed E-state index contributed by atoms with van der Waals surface area (Å²) in [7, 11) is 0. The summed E-state index contributed by atoms with van der Waals surface area (Å²) in [5.41, 5.74) is -0.849. The number of amides is 1. The SMILES string of the molecule is CCC(C#N)(CC)C(=O)NCC(C(C)C)C(C)C. The zero-order valence-corrected chi connectivity index (χ0v) is 12.7. The summed E-state index contributed by atoms with van der Waals surface area (Å²) in [6, 6.07) is 2.18. The first-order chi connectivity index (χ1) is 8.34. The second kappa shape index (κ2) is 7.41. The Balaban J connectivity index is 4.63. The molecule has 0 aromatic carbocycles. The van der Waals surface area contributed by atoms with E-state index in [4.69, 9.17) is 0 Å². The maximum atomic E-state index is 12.2. The van der Waals surface area contributed by atoms with Crippen molar-refractivity contribution in [1.29, 1.82) is 5.26 Å². The molecule has 0 rings (SSSR count). The van der Waals surface area contributed by atoms with E-state index >= 15 is 0 Å². The lowest BCUT2D eigenvalue weighted by molar-refractivity contribution is -0.128. The van der Waals surface area contributed by atoms with Gasteiger partial charge in [0.1, 0.15) is 5.41 Å². The van der Waals surface area contributed by atoms with E-state index in [2.05, 4.69) is 39.1 Å². The van der Waals surface area contributed by atoms with Crippen molar-refractivity contribution in [1.82, 2.24) is 5.32 Å². The quantitative estimate of drug-likeness (QED) is 0.755. The molecule has 0 aliphatic carbocycles. The summed E-state index contributed by atoms with van der Waals surface area (Å²) < 4.78 is 0. The molecule has 0 fully saturated rings. The van der Waals surface area contributed by atoms with Crippen LogP contribution in [0.2, 0.25) is 0 Å². The first-order valence-corrected chi connectivity index (χ1v) is 7.04. The monoisotopic (exact) mass is 252 g/mol. The first kappa shape index (κ1) is 17.0. The molecule has 3 heteroatoms. The summed E-state index contributed by atoms with van der Waals surface area (Å²) in [6.45, 7) is 13.2. The van der Waals surface area contributed by atoms with Crippen LogP contribution in [0.25, 0.3) is 0 Å². The summed E-state index contributed by atoms with van der Waals surface area (Å²) in [4.78, 5) is 12.2. The van der Waals surface area contributed by atoms with Crippen molar-refractivity contribution >= 4 is 5.91 Å². The summed E-state index contributed by atoms with van der Waals surface area (Å²) in [5, 5.41) is 12.2. The average molecular weight is 252 g/mol. The third-order valence-corrected chi connectivity index (χ3v) is 4.07. The van der Waals surface area contributed by atoms with E-state index in [9.17, 15) is 10.1 Å². The fraction of sp³-hybridized carbons (Fsp3) is 0.867. The van der Waals surface area contributed by atoms with Gasteiger partial charge in [0.25, 0.3) is 0 Å². The van der Waals surface area contributed by atoms with Crippen LogP contribution >= 0.6 is 0 Å². The molecule has 0 radical (unpaired) electrons. The van der Waals surface area contributed by atoms with E-state index < -0.39 is 5.41 Å². The van der Waals surface area contributed by atoms with Crippen molar-refractivity contribution in [3.05, 3.63) is 0 Å². The van der Waals surface area contributed by atoms with Gasteiger partial charge in [0.05, 0.1) is 6.07 Å². The molecule has 3 nitrogen and oxygen atoms in total. The molecule has 18 heavy (non-hydrogen) atoms. The van der Waals surface area contributed by atoms with Crippen molar-refractivity contribution < 1.29 is 4.79 Å². The molecule has 0 aliphatic heterocycles. The number of nitriles is 1. The predicted octanol–water partition coefficient (Wildman–Crippen LogP) is 3.36. The molecule has 0 spiro atoms. The highest BCUT2D eigenvalue weighted by atomic mass is 16.2. The third-order valence-electron chi connectivity index (χ3n) is 4.07. The standard InChI is InChI=1S/C15H28N2O/c1-7-15(8-2,10-16)14(18)17-9-13(11(3)4)12(5)6/h11-13H,7-9H2,1-6H3,(H,17,18). The van der Waals surface area contributed by atoms with E-state index in [1.54, 1.807) is 0 Å². The smallest absolute Gasteiger partial charge is 0.240 e. The number of nitrogens with one attached hydrogen (secondary N) is 1. The molecule has 0 atom stereocenters. The van der Waals surface area contributed by atoms with Crippen LogP contribution in [0.15, 0.2) is 0 Å². The number of hydrogen-bond acceptors (Lipinski definition) is 2. The molecule has 0 unspecified atom stereocenters. The normalized spacial score (nSPS) is 12.0. The second-order valence-corrected chi connectivity index (χ2v) is 5.76. The minimum absolute atomic E-state index is 0.110. The predicted molar refractivity (Wildman–Crippen MR) is 74.8 cm³/mol. The van der Waals surface area contributed by atoms with E-state index in [-0.39, 0.29) is 5.91 Å². The van der Waals surface area contributed by atoms with Crippen molar-refractivity contribution in [3.63, 3.8) is 0 Å². The summed E-state index contributed by atoms with van der Waals surface area (Å²) >= 11 is 0. The van der Waals surface area contributed by atoms with Gasteiger partial charge in [0, 0.05) is 6.54 Å². The molecule has 0 aromatic heterocycles. The Morgan fingerprint density at radius 3 is 1.89 bits per heavy atom. The molecule has 0 saturated heterocycles. The summed E-state index contributed by atoms with van der Waals surface area (Å²) in [6.07, 6.45) is 1.14. The van der Waals surface area contributed by atoms with Gasteiger partial charge >= 0.3 is 0 Å². The molecule has 0 bridgehead atoms. The average Bonchev–Trinajstić information content (AvgIpc) is 2.31. The van der Waals surface area contributed by atoms with Crippen LogP contribution in [0, 0.1) is 34.5 Å². The number of rotatable bonds is 7. The Hall–Kier alpha value is -1.04. The van der Waals surface area contributed by atoms with Gasteiger partial charge in [-0.2, -0.15) is 5.26 Å². The van der Waals surface area contributed by atoms with Gasteiger partial charge < -0.3 is 5.32 Å². The number of hydrogen-bond donors (Lipinski definition) is 1. The molecule has 1 amide bonds. The van der Waals surface area contributed by atoms with Crippen LogP contribution in [0.5, 0.6) is 0 Å². The zero-order valence-electron chi connectivity index (χ0n) is 12.7. The zero-order chi connectivity index (χ0) is 14.3. The fourth-order valence-electron chi connectivity index (χ4n) is 2.40. The van der Waals surface area contributed by atoms with Gasteiger partial charge in [-0.05, 0) is 30.6 Å². The van der Waals surface area contributed by atoms with Crippen LogP contribution in [-0.4, -0.2) is 12.5 Å². The molecule has 0 aromatic rings. The minimum atomic E-state index is -0.849. The fourth-order valence-corrected chi connectivity index (χ4v) is 2.40. The number of carbonyl (C=O) groups is 1. The first-order valence-electron chi connectivity index (χ1n) is 7.04. The molecule has 0 heterocycles. The van der Waals surface area contributed by atoms with Gasteiger partial charge in [-0.25, -0.2) is 0 Å². The highest BCUT2D eigenvalue weighted by molar-refractivity contribution is 5.85. The van der Waals surface area contributed by atoms with Gasteiger partial charge in [-0.1, -0.05) is 41.5 Å². The molecule has 0 saturated carbocycles. The Morgan fingerprint density at radius 1 is 1.17 bits per heavy atom. The van der Waals surface area contributed by atoms with Crippen molar-refractivity contribution in [2.75, 3.05) is 6.54 Å². The van der Waals surface area contributed by atoms with Gasteiger partial charge in [-0.3, -0.25) is 4.79 Å². The second-order valence-electron chi connectivity index (χ2n) is 5.76. The van der Waals surface area contributed by atoms with Crippen molar-refractivity contribution in [3.8, 4) is 6.07 Å². The van der Waals surface area contributed by atoms with Crippen LogP contribution < -0.4 is 5.32 Å². The lowest BCUT2D eigenvalue weighted by Gasteiger charge is -2.28. The number of nitrogens with zero attached hydrogens (tertiary/aromatic N) is 1. The van der Waals surface area contributed by atoms with Crippen LogP contribution in [0.1, 0.15) is 54.4 Å². The third kappa shape index (κ3) is 4.01. The highest BCUT2D eigenvalue weighted by Gasteiger charge is 2.35. The van der Waals surface area contributed by atoms with Crippen LogP contribution in [-0.2, 0) is 4.79 Å². The Labute approximate surface area is 112 Å². The largest absolute Gasteiger partial charge is 0.354 e. The van der Waals surface area contributed by atoms with E-state index in [1.165, 1.54) is 0 Å². The minimum Gasteiger partial charge on any atom is -0.354 e. The Kier molecular flexibility index (Phi) is 6.98. The van der Waals surface area contributed by atoms with Crippen LogP contribution in [0.3, 0.4) is 0 Å². The Morgan fingerprint density at radius 2 is 1.61 bits per heavy atom. The lowest BCUT2D eigenvalue weighted by atomic mass is 9.82. The molecular weight excluding hydrogens is 224 g/mol. The van der Waals surface area contributed by atoms with E-state index in [1.807, 2.05) is 13.8 Å². The van der Waals surface area contributed by atoms with Crippen molar-refractivity contribution in [2.24, 2.45) is 23.2 Å². The van der Waals surface area contributed by atoms with Gasteiger partial charge in [-0.15, -0.1) is 0 Å². The molecular formula is C15H28N2O. The van der Waals surface area contributed by atoms with Crippen LogP contribution in [0.4, 0.5) is 0 Å². The molecule has 1 N–H and O–H groups in total. The van der Waals surface area contributed by atoms with Crippen molar-refractivity contribution in [2.45, 2.75) is 54.4 Å². The maximum Gasteiger partial charge on any atom is 0.240 e. The molecule has 0 aliphatic rings. The Bertz CT molecular complexity index is 290. The van der Waals surface area contributed by atoms with Gasteiger partial charge in [0.2, 0.25) is 5.91 Å².